The number of hydrogen-bond acceptors (Lipinski definition) is 6. The molecule has 2 fully saturated rings. The number of methoxy groups -OCH3 is 1. The van der Waals surface area contributed by atoms with Gasteiger partial charge in [-0.3, -0.25) is 14.3 Å². The van der Waals surface area contributed by atoms with Crippen molar-refractivity contribution >= 4 is 55.8 Å². The lowest BCUT2D eigenvalue weighted by atomic mass is 10.2. The fourth-order valence-corrected chi connectivity index (χ4v) is 5.86. The minimum absolute atomic E-state index is 0.00833. The van der Waals surface area contributed by atoms with Gasteiger partial charge in [-0.05, 0) is 69.0 Å². The number of aromatic nitrogens is 2. The van der Waals surface area contributed by atoms with Gasteiger partial charge in [-0.15, -0.1) is 11.3 Å². The van der Waals surface area contributed by atoms with E-state index < -0.39 is 0 Å². The number of carbonyl (C=O) groups is 2. The van der Waals surface area contributed by atoms with E-state index in [0.717, 1.165) is 63.9 Å². The Bertz CT molecular complexity index is 1450. The Morgan fingerprint density at radius 1 is 1.14 bits per heavy atom. The smallest absolute Gasteiger partial charge is 0.326 e. The summed E-state index contributed by atoms with van der Waals surface area (Å²) in [7, 11) is 1.65. The number of amides is 2. The second-order valence-electron chi connectivity index (χ2n) is 9.26. The van der Waals surface area contributed by atoms with Crippen LogP contribution in [0.1, 0.15) is 41.0 Å². The Morgan fingerprint density at radius 3 is 2.80 bits per heavy atom. The molecule has 1 saturated heterocycles. The zero-order chi connectivity index (χ0) is 24.1. The summed E-state index contributed by atoms with van der Waals surface area (Å²) in [5.41, 5.74) is 4.37. The van der Waals surface area contributed by atoms with Crippen LogP contribution >= 0.6 is 11.3 Å². The quantitative estimate of drug-likeness (QED) is 0.401. The average Bonchev–Trinajstić information content (AvgIpc) is 3.24. The molecule has 4 aromatic rings. The van der Waals surface area contributed by atoms with Gasteiger partial charge >= 0.3 is 6.03 Å². The number of benzene rings is 1. The molecule has 1 aliphatic carbocycles. The molecule has 35 heavy (non-hydrogen) atoms. The molecule has 0 bridgehead atoms. The highest BCUT2D eigenvalue weighted by molar-refractivity contribution is 7.21. The molecule has 180 valence electrons. The van der Waals surface area contributed by atoms with Crippen LogP contribution < -0.4 is 10.6 Å². The molecule has 2 N–H and O–H groups in total. The SMILES string of the molecule is COC1CCCN1C(=O)c1cc2nccc(Nc3ccc4c(c3)cc(C)n4C(=O)NC3CC3)c2s1. The summed E-state index contributed by atoms with van der Waals surface area (Å²) in [5, 5.41) is 7.55. The highest BCUT2D eigenvalue weighted by atomic mass is 32.1. The van der Waals surface area contributed by atoms with Crippen LogP contribution in [-0.2, 0) is 4.74 Å². The van der Waals surface area contributed by atoms with Crippen LogP contribution in [0.3, 0.4) is 0 Å². The van der Waals surface area contributed by atoms with E-state index in [1.807, 2.05) is 43.3 Å². The van der Waals surface area contributed by atoms with Crippen molar-refractivity contribution in [3.8, 4) is 0 Å². The van der Waals surface area contributed by atoms with Gasteiger partial charge < -0.3 is 20.3 Å². The zero-order valence-corrected chi connectivity index (χ0v) is 20.5. The highest BCUT2D eigenvalue weighted by Crippen LogP contribution is 2.35. The minimum atomic E-state index is -0.160. The third-order valence-electron chi connectivity index (χ3n) is 6.73. The van der Waals surface area contributed by atoms with Crippen LogP contribution in [0.5, 0.6) is 0 Å². The monoisotopic (exact) mass is 489 g/mol. The summed E-state index contributed by atoms with van der Waals surface area (Å²) < 4.78 is 8.15. The number of hydrogen-bond donors (Lipinski definition) is 2. The first-order chi connectivity index (χ1) is 17.0. The van der Waals surface area contributed by atoms with E-state index in [4.69, 9.17) is 4.74 Å². The topological polar surface area (TPSA) is 88.5 Å². The summed E-state index contributed by atoms with van der Waals surface area (Å²) >= 11 is 1.45. The summed E-state index contributed by atoms with van der Waals surface area (Å²) in [6.07, 6.45) is 5.52. The normalized spacial score (nSPS) is 17.9. The predicted octanol–water partition coefficient (Wildman–Crippen LogP) is 5.23. The Hall–Kier alpha value is -3.43. The molecule has 8 nitrogen and oxygen atoms in total. The van der Waals surface area contributed by atoms with E-state index in [2.05, 4.69) is 15.6 Å². The number of thiophene rings is 1. The van der Waals surface area contributed by atoms with Crippen LogP contribution in [0.2, 0.25) is 0 Å². The number of rotatable bonds is 5. The molecule has 1 aromatic carbocycles. The van der Waals surface area contributed by atoms with E-state index in [9.17, 15) is 9.59 Å². The van der Waals surface area contributed by atoms with Gasteiger partial charge in [0.05, 0.1) is 26.3 Å². The van der Waals surface area contributed by atoms with E-state index >= 15 is 0 Å². The molecule has 4 heterocycles. The van der Waals surface area contributed by atoms with Gasteiger partial charge in [0.25, 0.3) is 5.91 Å². The first-order valence-corrected chi connectivity index (χ1v) is 12.8. The first kappa shape index (κ1) is 22.1. The Morgan fingerprint density at radius 2 is 2.00 bits per heavy atom. The van der Waals surface area contributed by atoms with E-state index in [-0.39, 0.29) is 18.2 Å². The molecular weight excluding hydrogens is 462 g/mol. The number of carbonyl (C=O) groups excluding carboxylic acids is 2. The van der Waals surface area contributed by atoms with Gasteiger partial charge in [0, 0.05) is 42.7 Å². The van der Waals surface area contributed by atoms with Crippen molar-refractivity contribution < 1.29 is 14.3 Å². The molecule has 3 aromatic heterocycles. The van der Waals surface area contributed by atoms with Crippen LogP contribution in [0.4, 0.5) is 16.2 Å². The van der Waals surface area contributed by atoms with Crippen LogP contribution in [0.25, 0.3) is 21.1 Å². The maximum absolute atomic E-state index is 13.1. The maximum atomic E-state index is 13.1. The number of nitrogens with zero attached hydrogens (tertiary/aromatic N) is 3. The number of likely N-dealkylation sites (tertiary alicyclic amines) is 1. The van der Waals surface area contributed by atoms with Gasteiger partial charge in [-0.1, -0.05) is 0 Å². The molecule has 0 radical (unpaired) electrons. The second kappa shape index (κ2) is 8.66. The molecule has 1 unspecified atom stereocenters. The standard InChI is InChI=1S/C26H27N5O3S/c1-15-12-16-13-18(7-8-21(16)31(15)26(33)29-17-5-6-17)28-19-9-10-27-20-14-22(35-24(19)20)25(32)30-11-3-4-23(30)34-2/h7-10,12-14,17,23H,3-6,11H2,1-2H3,(H,27,28)(H,29,33). The van der Waals surface area contributed by atoms with Gasteiger partial charge in [0.15, 0.2) is 0 Å². The lowest BCUT2D eigenvalue weighted by Crippen LogP contribution is -2.36. The number of nitrogens with one attached hydrogen (secondary N) is 2. The Labute approximate surface area is 206 Å². The number of aryl methyl sites for hydroxylation is 1. The number of anilines is 2. The lowest BCUT2D eigenvalue weighted by molar-refractivity contribution is 0.00195. The Balaban J connectivity index is 1.28. The lowest BCUT2D eigenvalue weighted by Gasteiger charge is -2.22. The summed E-state index contributed by atoms with van der Waals surface area (Å²) in [6.45, 7) is 2.66. The van der Waals surface area contributed by atoms with Crippen LogP contribution in [-0.4, -0.2) is 52.3 Å². The molecule has 1 saturated carbocycles. The molecule has 9 heteroatoms. The maximum Gasteiger partial charge on any atom is 0.326 e. The molecule has 2 amide bonds. The van der Waals surface area contributed by atoms with Gasteiger partial charge in [-0.25, -0.2) is 4.79 Å². The molecule has 1 atom stereocenters. The highest BCUT2D eigenvalue weighted by Gasteiger charge is 2.30. The van der Waals surface area contributed by atoms with Crippen molar-refractivity contribution in [2.45, 2.75) is 44.9 Å². The van der Waals surface area contributed by atoms with E-state index in [1.54, 1.807) is 22.8 Å². The van der Waals surface area contributed by atoms with Crippen molar-refractivity contribution in [1.82, 2.24) is 19.8 Å². The fourth-order valence-electron chi connectivity index (χ4n) is 4.82. The van der Waals surface area contributed by atoms with E-state index in [1.165, 1.54) is 11.3 Å². The average molecular weight is 490 g/mol. The van der Waals surface area contributed by atoms with Gasteiger partial charge in [0.1, 0.15) is 6.23 Å². The molecule has 0 spiro atoms. The van der Waals surface area contributed by atoms with Crippen LogP contribution in [0.15, 0.2) is 42.6 Å². The van der Waals surface area contributed by atoms with Gasteiger partial charge in [0.2, 0.25) is 0 Å². The Kier molecular flexibility index (Phi) is 5.46. The van der Waals surface area contributed by atoms with Crippen molar-refractivity contribution in [3.05, 3.63) is 53.2 Å². The van der Waals surface area contributed by atoms with Crippen molar-refractivity contribution in [3.63, 3.8) is 0 Å². The summed E-state index contributed by atoms with van der Waals surface area (Å²) in [4.78, 5) is 32.8. The summed E-state index contributed by atoms with van der Waals surface area (Å²) in [6, 6.07) is 12.0. The molecule has 2 aliphatic rings. The van der Waals surface area contributed by atoms with E-state index in [0.29, 0.717) is 17.5 Å². The second-order valence-corrected chi connectivity index (χ2v) is 10.3. The largest absolute Gasteiger partial charge is 0.362 e. The number of pyridine rings is 1. The van der Waals surface area contributed by atoms with Gasteiger partial charge in [-0.2, -0.15) is 0 Å². The number of fused-ring (bicyclic) bond motifs is 2. The molecular formula is C26H27N5O3S. The third-order valence-corrected chi connectivity index (χ3v) is 7.87. The predicted molar refractivity (Wildman–Crippen MR) is 138 cm³/mol. The first-order valence-electron chi connectivity index (χ1n) is 11.9. The molecule has 1 aliphatic heterocycles. The van der Waals surface area contributed by atoms with Crippen LogP contribution in [0, 0.1) is 6.92 Å². The van der Waals surface area contributed by atoms with Crippen molar-refractivity contribution in [1.29, 1.82) is 0 Å². The number of ether oxygens (including phenoxy) is 1. The van der Waals surface area contributed by atoms with Crippen molar-refractivity contribution in [2.75, 3.05) is 19.0 Å². The fraction of sp³-hybridized carbons (Fsp3) is 0.346. The zero-order valence-electron chi connectivity index (χ0n) is 19.7. The molecule has 6 rings (SSSR count). The third kappa shape index (κ3) is 4.04. The summed E-state index contributed by atoms with van der Waals surface area (Å²) in [5.74, 6) is -0.00833. The minimum Gasteiger partial charge on any atom is -0.362 e. The van der Waals surface area contributed by atoms with Crippen molar-refractivity contribution in [2.24, 2.45) is 0 Å².